The van der Waals surface area contributed by atoms with Crippen molar-refractivity contribution in [2.45, 2.75) is 31.8 Å². The normalized spacial score (nSPS) is 20.8. The van der Waals surface area contributed by atoms with Crippen LogP contribution in [0, 0.1) is 5.82 Å². The van der Waals surface area contributed by atoms with Crippen LogP contribution in [0.4, 0.5) is 4.39 Å². The first kappa shape index (κ1) is 13.8. The van der Waals surface area contributed by atoms with Crippen LogP contribution >= 0.6 is 0 Å². The van der Waals surface area contributed by atoms with E-state index in [2.05, 4.69) is 10.6 Å². The molecule has 1 aliphatic heterocycles. The molecule has 2 unspecified atom stereocenters. The number of carbonyl (C=O) groups is 1. The fourth-order valence-electron chi connectivity index (χ4n) is 2.31. The van der Waals surface area contributed by atoms with Crippen LogP contribution in [0.5, 0.6) is 5.75 Å². The Morgan fingerprint density at radius 3 is 2.95 bits per heavy atom. The Morgan fingerprint density at radius 2 is 2.32 bits per heavy atom. The topological polar surface area (TPSA) is 50.4 Å². The Hall–Kier alpha value is -1.62. The van der Waals surface area contributed by atoms with Gasteiger partial charge in [0, 0.05) is 24.2 Å². The predicted molar refractivity (Wildman–Crippen MR) is 70.5 cm³/mol. The van der Waals surface area contributed by atoms with Crippen LogP contribution in [-0.2, 0) is 4.79 Å². The van der Waals surface area contributed by atoms with Crippen molar-refractivity contribution in [2.75, 3.05) is 13.7 Å². The quantitative estimate of drug-likeness (QED) is 0.873. The van der Waals surface area contributed by atoms with E-state index >= 15 is 0 Å². The summed E-state index contributed by atoms with van der Waals surface area (Å²) in [6.45, 7) is 2.58. The first-order valence-corrected chi connectivity index (χ1v) is 6.49. The third-order valence-corrected chi connectivity index (χ3v) is 3.41. The number of ether oxygens (including phenoxy) is 1. The van der Waals surface area contributed by atoms with Crippen molar-refractivity contribution in [3.8, 4) is 5.75 Å². The summed E-state index contributed by atoms with van der Waals surface area (Å²) >= 11 is 0. The van der Waals surface area contributed by atoms with Crippen molar-refractivity contribution in [2.24, 2.45) is 0 Å². The van der Waals surface area contributed by atoms with Gasteiger partial charge in [-0.2, -0.15) is 0 Å². The second-order valence-corrected chi connectivity index (χ2v) is 4.76. The van der Waals surface area contributed by atoms with Gasteiger partial charge in [-0.25, -0.2) is 4.39 Å². The highest BCUT2D eigenvalue weighted by Crippen LogP contribution is 2.22. The van der Waals surface area contributed by atoms with Crippen molar-refractivity contribution in [1.82, 2.24) is 10.6 Å². The van der Waals surface area contributed by atoms with Crippen LogP contribution in [0.15, 0.2) is 18.2 Å². The lowest BCUT2D eigenvalue weighted by Crippen LogP contribution is -2.48. The fraction of sp³-hybridized carbons (Fsp3) is 0.500. The van der Waals surface area contributed by atoms with E-state index in [4.69, 9.17) is 4.74 Å². The van der Waals surface area contributed by atoms with Crippen LogP contribution in [0.1, 0.15) is 31.4 Å². The molecule has 1 amide bonds. The molecule has 104 valence electrons. The number of hydrogen-bond acceptors (Lipinski definition) is 3. The monoisotopic (exact) mass is 266 g/mol. The van der Waals surface area contributed by atoms with Gasteiger partial charge in [0.25, 0.3) is 0 Å². The Morgan fingerprint density at radius 1 is 1.53 bits per heavy atom. The largest absolute Gasteiger partial charge is 0.497 e. The Balaban J connectivity index is 2.06. The van der Waals surface area contributed by atoms with E-state index < -0.39 is 0 Å². The lowest BCUT2D eigenvalue weighted by molar-refractivity contribution is -0.124. The number of hydrogen-bond donors (Lipinski definition) is 2. The van der Waals surface area contributed by atoms with Gasteiger partial charge in [0.15, 0.2) is 0 Å². The summed E-state index contributed by atoms with van der Waals surface area (Å²) in [5, 5.41) is 5.98. The van der Waals surface area contributed by atoms with Crippen molar-refractivity contribution < 1.29 is 13.9 Å². The maximum absolute atomic E-state index is 13.9. The van der Waals surface area contributed by atoms with Crippen LogP contribution < -0.4 is 15.4 Å². The van der Waals surface area contributed by atoms with Gasteiger partial charge in [0.05, 0.1) is 13.2 Å². The molecule has 1 aliphatic rings. The minimum Gasteiger partial charge on any atom is -0.497 e. The molecule has 0 bridgehead atoms. The van der Waals surface area contributed by atoms with Crippen LogP contribution in [0.2, 0.25) is 0 Å². The number of amides is 1. The molecule has 0 spiro atoms. The zero-order valence-corrected chi connectivity index (χ0v) is 11.2. The van der Waals surface area contributed by atoms with Gasteiger partial charge in [0.1, 0.15) is 11.6 Å². The van der Waals surface area contributed by atoms with E-state index in [1.807, 2.05) is 6.92 Å². The van der Waals surface area contributed by atoms with Crippen molar-refractivity contribution in [3.63, 3.8) is 0 Å². The summed E-state index contributed by atoms with van der Waals surface area (Å²) in [4.78, 5) is 11.7. The molecule has 4 nitrogen and oxygen atoms in total. The van der Waals surface area contributed by atoms with Gasteiger partial charge < -0.3 is 10.1 Å². The summed E-state index contributed by atoms with van der Waals surface area (Å²) in [7, 11) is 1.50. The molecule has 2 rings (SSSR count). The third kappa shape index (κ3) is 3.23. The molecule has 1 aromatic carbocycles. The molecular weight excluding hydrogens is 247 g/mol. The van der Waals surface area contributed by atoms with Gasteiger partial charge in [-0.3, -0.25) is 10.1 Å². The molecule has 0 aliphatic carbocycles. The minimum absolute atomic E-state index is 0.00739. The highest BCUT2D eigenvalue weighted by atomic mass is 19.1. The number of benzene rings is 1. The molecule has 0 saturated carbocycles. The maximum atomic E-state index is 13.9. The maximum Gasteiger partial charge on any atom is 0.237 e. The highest BCUT2D eigenvalue weighted by Gasteiger charge is 2.24. The van der Waals surface area contributed by atoms with Crippen LogP contribution in [-0.4, -0.2) is 25.6 Å². The van der Waals surface area contributed by atoms with Gasteiger partial charge in [-0.1, -0.05) is 6.07 Å². The van der Waals surface area contributed by atoms with Crippen molar-refractivity contribution in [3.05, 3.63) is 29.6 Å². The third-order valence-electron chi connectivity index (χ3n) is 3.41. The van der Waals surface area contributed by atoms with E-state index in [1.165, 1.54) is 13.2 Å². The number of rotatable bonds is 4. The molecular formula is C14H19FN2O2. The number of nitrogens with one attached hydrogen (secondary N) is 2. The van der Waals surface area contributed by atoms with E-state index in [9.17, 15) is 9.18 Å². The van der Waals surface area contributed by atoms with Crippen LogP contribution in [0.25, 0.3) is 0 Å². The zero-order valence-electron chi connectivity index (χ0n) is 11.2. The number of methoxy groups -OCH3 is 1. The predicted octanol–water partition coefficient (Wildman–Crippen LogP) is 1.76. The molecule has 5 heteroatoms. The van der Waals surface area contributed by atoms with Gasteiger partial charge in [-0.05, 0) is 25.8 Å². The number of carbonyl (C=O) groups excluding carboxylic acids is 1. The van der Waals surface area contributed by atoms with E-state index in [-0.39, 0.29) is 23.8 Å². The molecule has 2 N–H and O–H groups in total. The lowest BCUT2D eigenvalue weighted by Gasteiger charge is -2.26. The molecule has 19 heavy (non-hydrogen) atoms. The molecule has 0 aromatic heterocycles. The summed E-state index contributed by atoms with van der Waals surface area (Å²) in [6.07, 6.45) is 1.73. The van der Waals surface area contributed by atoms with Gasteiger partial charge in [-0.15, -0.1) is 0 Å². The molecule has 1 saturated heterocycles. The Kier molecular flexibility index (Phi) is 4.37. The summed E-state index contributed by atoms with van der Waals surface area (Å²) < 4.78 is 18.9. The first-order valence-electron chi connectivity index (χ1n) is 6.49. The first-order chi connectivity index (χ1) is 9.11. The zero-order chi connectivity index (χ0) is 13.8. The molecule has 1 aromatic rings. The minimum atomic E-state index is -0.324. The average molecular weight is 266 g/mol. The molecule has 0 radical (unpaired) electrons. The van der Waals surface area contributed by atoms with Gasteiger partial charge >= 0.3 is 0 Å². The van der Waals surface area contributed by atoms with Crippen molar-refractivity contribution in [1.29, 1.82) is 0 Å². The van der Waals surface area contributed by atoms with E-state index in [0.717, 1.165) is 19.4 Å². The van der Waals surface area contributed by atoms with Crippen molar-refractivity contribution >= 4 is 5.91 Å². The average Bonchev–Trinajstić information content (AvgIpc) is 2.41. The second-order valence-electron chi connectivity index (χ2n) is 4.76. The highest BCUT2D eigenvalue weighted by molar-refractivity contribution is 5.82. The van der Waals surface area contributed by atoms with Crippen LogP contribution in [0.3, 0.4) is 0 Å². The van der Waals surface area contributed by atoms with Gasteiger partial charge in [0.2, 0.25) is 5.91 Å². The number of halogens is 1. The second kappa shape index (κ2) is 6.02. The lowest BCUT2D eigenvalue weighted by atomic mass is 10.0. The standard InChI is InChI=1S/C14H19FN2O2/c1-9(17-13-4-3-7-16-14(13)18)11-6-5-10(19-2)8-12(11)15/h5-6,8-9,13,17H,3-4,7H2,1-2H3,(H,16,18). The van der Waals surface area contributed by atoms with E-state index in [1.54, 1.807) is 12.1 Å². The fourth-order valence-corrected chi connectivity index (χ4v) is 2.31. The Labute approximate surface area is 112 Å². The van der Waals surface area contributed by atoms with E-state index in [0.29, 0.717) is 11.3 Å². The smallest absolute Gasteiger partial charge is 0.237 e. The molecule has 2 atom stereocenters. The molecule has 1 heterocycles. The summed E-state index contributed by atoms with van der Waals surface area (Å²) in [5.74, 6) is 0.159. The SMILES string of the molecule is COc1ccc(C(C)NC2CCCNC2=O)c(F)c1. The molecule has 1 fully saturated rings. The Bertz CT molecular complexity index is 465. The number of piperidine rings is 1. The summed E-state index contributed by atoms with van der Waals surface area (Å²) in [5.41, 5.74) is 0.541. The summed E-state index contributed by atoms with van der Waals surface area (Å²) in [6, 6.07) is 4.29.